The number of rotatable bonds is 6. The lowest BCUT2D eigenvalue weighted by molar-refractivity contribution is 0.318. The standard InChI is InChI=1S/C16H20N4OS/c1-5-12(6-2)9-21-16-18-8-7-13(20-16)14(17)15-19-10(3)11(4)22-15/h5,7-8,14H,3-4,6,9,17H2,1-2H3. The molecule has 116 valence electrons. The molecule has 2 aromatic rings. The van der Waals surface area contributed by atoms with E-state index < -0.39 is 6.04 Å². The molecule has 0 aliphatic rings. The minimum Gasteiger partial charge on any atom is -0.459 e. The number of aromatic nitrogens is 3. The van der Waals surface area contributed by atoms with Gasteiger partial charge in [-0.15, -0.1) is 11.3 Å². The average Bonchev–Trinajstić information content (AvgIpc) is 2.87. The Morgan fingerprint density at radius 3 is 2.82 bits per heavy atom. The van der Waals surface area contributed by atoms with Crippen molar-refractivity contribution in [3.63, 3.8) is 0 Å². The van der Waals surface area contributed by atoms with Crippen molar-refractivity contribution in [2.45, 2.75) is 26.3 Å². The van der Waals surface area contributed by atoms with Gasteiger partial charge >= 0.3 is 6.01 Å². The van der Waals surface area contributed by atoms with Crippen LogP contribution in [0.3, 0.4) is 0 Å². The highest BCUT2D eigenvalue weighted by Crippen LogP contribution is 2.18. The Morgan fingerprint density at radius 1 is 1.45 bits per heavy atom. The van der Waals surface area contributed by atoms with Crippen LogP contribution in [0.1, 0.15) is 37.0 Å². The second-order valence-corrected chi connectivity index (χ2v) is 5.87. The molecule has 0 aliphatic carbocycles. The average molecular weight is 316 g/mol. The van der Waals surface area contributed by atoms with Crippen LogP contribution in [0.25, 0.3) is 13.2 Å². The Bertz CT molecular complexity index is 741. The summed E-state index contributed by atoms with van der Waals surface area (Å²) in [4.78, 5) is 12.8. The zero-order valence-corrected chi connectivity index (χ0v) is 13.7. The van der Waals surface area contributed by atoms with Gasteiger partial charge in [0.15, 0.2) is 0 Å². The zero-order valence-electron chi connectivity index (χ0n) is 12.9. The first-order chi connectivity index (χ1) is 10.5. The van der Waals surface area contributed by atoms with E-state index in [4.69, 9.17) is 10.5 Å². The summed E-state index contributed by atoms with van der Waals surface area (Å²) in [6.45, 7) is 12.3. The Balaban J connectivity index is 2.17. The van der Waals surface area contributed by atoms with Gasteiger partial charge in [-0.05, 0) is 25.0 Å². The highest BCUT2D eigenvalue weighted by molar-refractivity contribution is 7.09. The molecule has 0 aromatic carbocycles. The highest BCUT2D eigenvalue weighted by atomic mass is 32.1. The lowest BCUT2D eigenvalue weighted by atomic mass is 10.2. The van der Waals surface area contributed by atoms with Crippen LogP contribution in [0, 0.1) is 0 Å². The number of hydrogen-bond donors (Lipinski definition) is 1. The first-order valence-electron chi connectivity index (χ1n) is 7.05. The molecule has 0 saturated heterocycles. The van der Waals surface area contributed by atoms with Crippen LogP contribution < -0.4 is 20.4 Å². The summed E-state index contributed by atoms with van der Waals surface area (Å²) in [6.07, 6.45) is 4.62. The highest BCUT2D eigenvalue weighted by Gasteiger charge is 2.15. The molecule has 0 amide bonds. The van der Waals surface area contributed by atoms with Crippen molar-refractivity contribution in [1.82, 2.24) is 15.0 Å². The Morgan fingerprint density at radius 2 is 2.23 bits per heavy atom. The van der Waals surface area contributed by atoms with Gasteiger partial charge in [-0.1, -0.05) is 26.2 Å². The predicted molar refractivity (Wildman–Crippen MR) is 90.0 cm³/mol. The first-order valence-corrected chi connectivity index (χ1v) is 7.86. The lowest BCUT2D eigenvalue weighted by Gasteiger charge is -2.10. The molecular formula is C16H20N4OS. The topological polar surface area (TPSA) is 73.9 Å². The fourth-order valence-corrected chi connectivity index (χ4v) is 2.63. The third-order valence-electron chi connectivity index (χ3n) is 3.28. The summed E-state index contributed by atoms with van der Waals surface area (Å²) in [5.74, 6) is 0. The molecule has 5 nitrogen and oxygen atoms in total. The number of ether oxygens (including phenoxy) is 1. The maximum absolute atomic E-state index is 6.21. The van der Waals surface area contributed by atoms with Crippen LogP contribution in [0.5, 0.6) is 6.01 Å². The number of thiazole rings is 1. The molecule has 2 aromatic heterocycles. The van der Waals surface area contributed by atoms with E-state index in [-0.39, 0.29) is 0 Å². The van der Waals surface area contributed by atoms with E-state index in [1.54, 1.807) is 12.3 Å². The van der Waals surface area contributed by atoms with Crippen LogP contribution >= 0.6 is 11.3 Å². The van der Waals surface area contributed by atoms with E-state index in [0.717, 1.165) is 16.0 Å². The second-order valence-electron chi connectivity index (χ2n) is 4.75. The van der Waals surface area contributed by atoms with E-state index in [9.17, 15) is 0 Å². The molecule has 0 saturated carbocycles. The Labute approximate surface area is 133 Å². The Kier molecular flexibility index (Phi) is 5.41. The van der Waals surface area contributed by atoms with E-state index >= 15 is 0 Å². The molecule has 0 radical (unpaired) electrons. The maximum atomic E-state index is 6.21. The molecule has 0 aliphatic heterocycles. The molecule has 1 atom stereocenters. The summed E-state index contributed by atoms with van der Waals surface area (Å²) in [7, 11) is 0. The van der Waals surface area contributed by atoms with Crippen LogP contribution in [0.2, 0.25) is 0 Å². The summed E-state index contributed by atoms with van der Waals surface area (Å²) < 4.78 is 6.43. The molecule has 2 N–H and O–H groups in total. The molecule has 6 heteroatoms. The van der Waals surface area contributed by atoms with Crippen LogP contribution in [-0.4, -0.2) is 21.6 Å². The summed E-state index contributed by atoms with van der Waals surface area (Å²) in [6, 6.07) is 1.65. The fourth-order valence-electron chi connectivity index (χ4n) is 1.81. The number of hydrogen-bond acceptors (Lipinski definition) is 6. The fraction of sp³-hybridized carbons (Fsp3) is 0.312. The van der Waals surface area contributed by atoms with Gasteiger partial charge in [-0.2, -0.15) is 4.98 Å². The van der Waals surface area contributed by atoms with Gasteiger partial charge in [0.1, 0.15) is 17.7 Å². The molecule has 0 spiro atoms. The van der Waals surface area contributed by atoms with Gasteiger partial charge in [0.2, 0.25) is 0 Å². The monoisotopic (exact) mass is 316 g/mol. The minimum atomic E-state index is -0.432. The quantitative estimate of drug-likeness (QED) is 0.818. The summed E-state index contributed by atoms with van der Waals surface area (Å²) in [5.41, 5.74) is 8.07. The van der Waals surface area contributed by atoms with Crippen molar-refractivity contribution in [1.29, 1.82) is 0 Å². The molecule has 0 bridgehead atoms. The SMILES string of the molecule is C=c1nc(C(N)c2ccnc(OCC(=CC)CC)n2)sc1=C. The molecule has 0 fully saturated rings. The molecule has 2 heterocycles. The maximum Gasteiger partial charge on any atom is 0.316 e. The van der Waals surface area contributed by atoms with Crippen molar-refractivity contribution in [2.75, 3.05) is 6.61 Å². The van der Waals surface area contributed by atoms with Gasteiger partial charge in [0.05, 0.1) is 11.0 Å². The normalized spacial score (nSPS) is 13.1. The van der Waals surface area contributed by atoms with Crippen LogP contribution in [0.4, 0.5) is 0 Å². The van der Waals surface area contributed by atoms with Gasteiger partial charge in [0.25, 0.3) is 0 Å². The van der Waals surface area contributed by atoms with Crippen molar-refractivity contribution in [3.8, 4) is 6.01 Å². The minimum absolute atomic E-state index is 0.321. The van der Waals surface area contributed by atoms with E-state index in [0.29, 0.717) is 23.7 Å². The van der Waals surface area contributed by atoms with Gasteiger partial charge < -0.3 is 10.5 Å². The smallest absolute Gasteiger partial charge is 0.316 e. The Hall–Kier alpha value is -2.05. The third kappa shape index (κ3) is 3.78. The summed E-state index contributed by atoms with van der Waals surface area (Å²) >= 11 is 1.43. The lowest BCUT2D eigenvalue weighted by Crippen LogP contribution is -2.18. The van der Waals surface area contributed by atoms with Gasteiger partial charge in [-0.3, -0.25) is 0 Å². The number of allylic oxidation sites excluding steroid dienone is 1. The number of nitrogens with zero attached hydrogens (tertiary/aromatic N) is 3. The van der Waals surface area contributed by atoms with Crippen molar-refractivity contribution in [2.24, 2.45) is 5.73 Å². The first kappa shape index (κ1) is 16.3. The number of nitrogens with two attached hydrogens (primary N) is 1. The second kappa shape index (κ2) is 7.29. The van der Waals surface area contributed by atoms with Gasteiger partial charge in [0, 0.05) is 10.7 Å². The van der Waals surface area contributed by atoms with E-state index in [1.165, 1.54) is 16.9 Å². The zero-order chi connectivity index (χ0) is 16.1. The largest absolute Gasteiger partial charge is 0.459 e. The molecule has 1 unspecified atom stereocenters. The third-order valence-corrected chi connectivity index (χ3v) is 4.32. The van der Waals surface area contributed by atoms with Gasteiger partial charge in [-0.25, -0.2) is 9.97 Å². The van der Waals surface area contributed by atoms with Crippen molar-refractivity contribution >= 4 is 24.5 Å². The summed E-state index contributed by atoms with van der Waals surface area (Å²) in [5, 5.41) is 1.39. The molecule has 2 rings (SSSR count). The van der Waals surface area contributed by atoms with E-state index in [1.807, 2.05) is 13.0 Å². The molecular weight excluding hydrogens is 296 g/mol. The van der Waals surface area contributed by atoms with Crippen molar-refractivity contribution in [3.05, 3.63) is 44.5 Å². The van der Waals surface area contributed by atoms with Crippen LogP contribution in [-0.2, 0) is 0 Å². The van der Waals surface area contributed by atoms with Crippen LogP contribution in [0.15, 0.2) is 23.9 Å². The predicted octanol–water partition coefficient (Wildman–Crippen LogP) is 1.54. The van der Waals surface area contributed by atoms with Crippen molar-refractivity contribution < 1.29 is 4.74 Å². The van der Waals surface area contributed by atoms with E-state index in [2.05, 4.69) is 35.0 Å². The molecule has 22 heavy (non-hydrogen) atoms.